The predicted octanol–water partition coefficient (Wildman–Crippen LogP) is 3.11. The second-order valence-corrected chi connectivity index (χ2v) is 6.32. The number of hydrogen-bond acceptors (Lipinski definition) is 2. The summed E-state index contributed by atoms with van der Waals surface area (Å²) in [6.45, 7) is 2.29. The van der Waals surface area contributed by atoms with E-state index in [0.717, 1.165) is 30.0 Å². The summed E-state index contributed by atoms with van der Waals surface area (Å²) in [6, 6.07) is 10.3. The number of nitrogens with one attached hydrogen (secondary N) is 1. The van der Waals surface area contributed by atoms with Crippen LogP contribution in [0.2, 0.25) is 0 Å². The van der Waals surface area contributed by atoms with E-state index in [2.05, 4.69) is 17.3 Å². The molecule has 1 N–H and O–H groups in total. The molecule has 1 aliphatic rings. The number of carbonyl (C=O) groups is 1. The van der Waals surface area contributed by atoms with E-state index in [1.54, 1.807) is 6.20 Å². The zero-order chi connectivity index (χ0) is 15.4. The minimum Gasteiger partial charge on any atom is -0.353 e. The smallest absolute Gasteiger partial charge is 0.224 e. The van der Waals surface area contributed by atoms with Gasteiger partial charge in [0.15, 0.2) is 0 Å². The maximum atomic E-state index is 12.1. The lowest BCUT2D eigenvalue weighted by Gasteiger charge is -2.26. The van der Waals surface area contributed by atoms with Gasteiger partial charge in [-0.25, -0.2) is 4.68 Å². The second kappa shape index (κ2) is 6.77. The molecule has 4 heteroatoms. The lowest BCUT2D eigenvalue weighted by Crippen LogP contribution is -2.38. The van der Waals surface area contributed by atoms with Crippen LogP contribution in [0.25, 0.3) is 5.69 Å². The zero-order valence-corrected chi connectivity index (χ0v) is 13.0. The Morgan fingerprint density at radius 2 is 1.95 bits per heavy atom. The largest absolute Gasteiger partial charge is 0.353 e. The summed E-state index contributed by atoms with van der Waals surface area (Å²) in [4.78, 5) is 12.1. The van der Waals surface area contributed by atoms with Crippen LogP contribution in [0.5, 0.6) is 0 Å². The summed E-state index contributed by atoms with van der Waals surface area (Å²) in [5.74, 6) is 0.939. The van der Waals surface area contributed by atoms with Crippen molar-refractivity contribution in [2.24, 2.45) is 5.92 Å². The normalized spacial score (nSPS) is 21.5. The van der Waals surface area contributed by atoms with Crippen LogP contribution in [0.1, 0.15) is 38.2 Å². The number of rotatable bonds is 4. The molecule has 1 fully saturated rings. The fraction of sp³-hybridized carbons (Fsp3) is 0.444. The van der Waals surface area contributed by atoms with Gasteiger partial charge in [-0.05, 0) is 55.4 Å². The molecule has 2 aromatic rings. The van der Waals surface area contributed by atoms with Crippen molar-refractivity contribution in [1.82, 2.24) is 15.1 Å². The first-order valence-electron chi connectivity index (χ1n) is 8.09. The number of hydrogen-bond donors (Lipinski definition) is 1. The van der Waals surface area contributed by atoms with Crippen molar-refractivity contribution in [3.8, 4) is 5.69 Å². The van der Waals surface area contributed by atoms with Crippen molar-refractivity contribution in [2.45, 2.75) is 45.1 Å². The molecule has 0 atom stereocenters. The van der Waals surface area contributed by atoms with Gasteiger partial charge in [-0.15, -0.1) is 0 Å². The Bertz CT molecular complexity index is 596. The van der Waals surface area contributed by atoms with Crippen LogP contribution in [-0.2, 0) is 11.2 Å². The first-order valence-corrected chi connectivity index (χ1v) is 8.09. The Labute approximate surface area is 131 Å². The van der Waals surface area contributed by atoms with Crippen LogP contribution in [0.15, 0.2) is 42.7 Å². The van der Waals surface area contributed by atoms with Crippen LogP contribution in [0.4, 0.5) is 0 Å². The summed E-state index contributed by atoms with van der Waals surface area (Å²) in [6.07, 6.45) is 8.80. The Morgan fingerprint density at radius 1 is 1.23 bits per heavy atom. The van der Waals surface area contributed by atoms with Gasteiger partial charge < -0.3 is 5.32 Å². The van der Waals surface area contributed by atoms with Gasteiger partial charge in [0.1, 0.15) is 0 Å². The van der Waals surface area contributed by atoms with E-state index < -0.39 is 0 Å². The van der Waals surface area contributed by atoms with Crippen molar-refractivity contribution >= 4 is 5.91 Å². The quantitative estimate of drug-likeness (QED) is 0.942. The number of aromatic nitrogens is 2. The number of carbonyl (C=O) groups excluding carboxylic acids is 1. The lowest BCUT2D eigenvalue weighted by atomic mass is 9.87. The number of benzene rings is 1. The fourth-order valence-electron chi connectivity index (χ4n) is 3.06. The predicted molar refractivity (Wildman–Crippen MR) is 86.8 cm³/mol. The molecule has 3 rings (SSSR count). The van der Waals surface area contributed by atoms with Crippen molar-refractivity contribution in [2.75, 3.05) is 0 Å². The molecule has 0 unspecified atom stereocenters. The molecule has 1 amide bonds. The van der Waals surface area contributed by atoms with E-state index in [1.807, 2.05) is 41.2 Å². The third-order valence-electron chi connectivity index (χ3n) is 4.45. The average molecular weight is 297 g/mol. The standard InChI is InChI=1S/C18H23N3O/c1-14-3-7-16(8-4-14)20-18(22)13-15-5-9-17(10-6-15)21-12-2-11-19-21/h2,5-6,9-12,14,16H,3-4,7-8,13H2,1H3,(H,20,22). The maximum Gasteiger partial charge on any atom is 0.224 e. The van der Waals surface area contributed by atoms with Crippen molar-refractivity contribution in [3.63, 3.8) is 0 Å². The van der Waals surface area contributed by atoms with Gasteiger partial charge >= 0.3 is 0 Å². The highest BCUT2D eigenvalue weighted by Gasteiger charge is 2.19. The van der Waals surface area contributed by atoms with Gasteiger partial charge in [0, 0.05) is 18.4 Å². The Morgan fingerprint density at radius 3 is 2.59 bits per heavy atom. The van der Waals surface area contributed by atoms with Crippen LogP contribution in [-0.4, -0.2) is 21.7 Å². The molecule has 1 saturated carbocycles. The molecule has 0 radical (unpaired) electrons. The Hall–Kier alpha value is -2.10. The molecule has 1 aromatic heterocycles. The summed E-state index contributed by atoms with van der Waals surface area (Å²) >= 11 is 0. The molecule has 0 saturated heterocycles. The van der Waals surface area contributed by atoms with E-state index in [9.17, 15) is 4.79 Å². The summed E-state index contributed by atoms with van der Waals surface area (Å²) in [5.41, 5.74) is 2.05. The maximum absolute atomic E-state index is 12.1. The van der Waals surface area contributed by atoms with E-state index in [4.69, 9.17) is 0 Å². The van der Waals surface area contributed by atoms with Crippen LogP contribution >= 0.6 is 0 Å². The summed E-state index contributed by atoms with van der Waals surface area (Å²) in [7, 11) is 0. The Kier molecular flexibility index (Phi) is 4.56. The van der Waals surface area contributed by atoms with Gasteiger partial charge in [-0.2, -0.15) is 5.10 Å². The monoisotopic (exact) mass is 297 g/mol. The Balaban J connectivity index is 1.53. The minimum absolute atomic E-state index is 0.131. The molecular weight excluding hydrogens is 274 g/mol. The zero-order valence-electron chi connectivity index (χ0n) is 13.0. The van der Waals surface area contributed by atoms with Crippen LogP contribution < -0.4 is 5.32 Å². The van der Waals surface area contributed by atoms with E-state index >= 15 is 0 Å². The first kappa shape index (κ1) is 14.8. The highest BCUT2D eigenvalue weighted by Crippen LogP contribution is 2.23. The molecule has 116 valence electrons. The molecule has 0 bridgehead atoms. The van der Waals surface area contributed by atoms with Gasteiger partial charge in [0.05, 0.1) is 12.1 Å². The summed E-state index contributed by atoms with van der Waals surface area (Å²) in [5, 5.41) is 7.37. The fourth-order valence-corrected chi connectivity index (χ4v) is 3.06. The second-order valence-electron chi connectivity index (χ2n) is 6.32. The third-order valence-corrected chi connectivity index (χ3v) is 4.45. The van der Waals surface area contributed by atoms with Crippen molar-refractivity contribution in [3.05, 3.63) is 48.3 Å². The minimum atomic E-state index is 0.131. The summed E-state index contributed by atoms with van der Waals surface area (Å²) < 4.78 is 1.81. The third kappa shape index (κ3) is 3.75. The van der Waals surface area contributed by atoms with Gasteiger partial charge in [-0.1, -0.05) is 19.1 Å². The highest BCUT2D eigenvalue weighted by atomic mass is 16.1. The topological polar surface area (TPSA) is 46.9 Å². The van der Waals surface area contributed by atoms with E-state index in [-0.39, 0.29) is 5.91 Å². The molecule has 1 aromatic carbocycles. The first-order chi connectivity index (χ1) is 10.7. The van der Waals surface area contributed by atoms with E-state index in [0.29, 0.717) is 12.5 Å². The molecule has 0 aliphatic heterocycles. The van der Waals surface area contributed by atoms with Crippen LogP contribution in [0, 0.1) is 5.92 Å². The van der Waals surface area contributed by atoms with Gasteiger partial charge in [0.2, 0.25) is 5.91 Å². The molecule has 22 heavy (non-hydrogen) atoms. The van der Waals surface area contributed by atoms with Gasteiger partial charge in [-0.3, -0.25) is 4.79 Å². The number of amides is 1. The highest BCUT2D eigenvalue weighted by molar-refractivity contribution is 5.78. The van der Waals surface area contributed by atoms with Crippen molar-refractivity contribution < 1.29 is 4.79 Å². The molecular formula is C18H23N3O. The average Bonchev–Trinajstić information content (AvgIpc) is 3.05. The molecule has 1 aliphatic carbocycles. The van der Waals surface area contributed by atoms with Crippen LogP contribution in [0.3, 0.4) is 0 Å². The SMILES string of the molecule is CC1CCC(NC(=O)Cc2ccc(-n3cccn3)cc2)CC1. The molecule has 1 heterocycles. The van der Waals surface area contributed by atoms with Gasteiger partial charge in [0.25, 0.3) is 0 Å². The molecule has 4 nitrogen and oxygen atoms in total. The lowest BCUT2D eigenvalue weighted by molar-refractivity contribution is -0.121. The molecule has 0 spiro atoms. The van der Waals surface area contributed by atoms with E-state index in [1.165, 1.54) is 12.8 Å². The number of nitrogens with zero attached hydrogens (tertiary/aromatic N) is 2. The van der Waals surface area contributed by atoms with Crippen molar-refractivity contribution in [1.29, 1.82) is 0 Å².